The molecule has 2 aliphatic rings. The van der Waals surface area contributed by atoms with Crippen molar-refractivity contribution in [2.45, 2.75) is 38.0 Å². The summed E-state index contributed by atoms with van der Waals surface area (Å²) in [6, 6.07) is 0.224. The molecule has 0 aromatic carbocycles. The molecule has 1 unspecified atom stereocenters. The van der Waals surface area contributed by atoms with E-state index in [4.69, 9.17) is 4.74 Å². The lowest BCUT2D eigenvalue weighted by atomic mass is 10.1. The summed E-state index contributed by atoms with van der Waals surface area (Å²) in [6.07, 6.45) is 3.92. The number of urea groups is 1. The predicted molar refractivity (Wildman–Crippen MR) is 56.5 cm³/mol. The average Bonchev–Trinajstić information content (AvgIpc) is 2.71. The van der Waals surface area contributed by atoms with Crippen LogP contribution in [0.5, 0.6) is 0 Å². The van der Waals surface area contributed by atoms with Gasteiger partial charge in [-0.25, -0.2) is 4.79 Å². The van der Waals surface area contributed by atoms with Gasteiger partial charge in [-0.2, -0.15) is 0 Å². The summed E-state index contributed by atoms with van der Waals surface area (Å²) in [5, 5.41) is 9.07. The normalized spacial score (nSPS) is 27.6. The van der Waals surface area contributed by atoms with Crippen molar-refractivity contribution in [1.29, 1.82) is 0 Å². The fraction of sp³-hybridized carbons (Fsp3) is 0.900. The zero-order valence-electron chi connectivity index (χ0n) is 8.92. The van der Waals surface area contributed by atoms with Crippen LogP contribution in [0.15, 0.2) is 0 Å². The van der Waals surface area contributed by atoms with Gasteiger partial charge in [-0.15, -0.1) is 0 Å². The molecule has 2 amide bonds. The molecule has 0 bridgehead atoms. The SMILES string of the molecule is O=C(NC1CCNCC1)NC1CCCO1. The van der Waals surface area contributed by atoms with E-state index >= 15 is 0 Å². The molecule has 3 N–H and O–H groups in total. The van der Waals surface area contributed by atoms with E-state index in [1.165, 1.54) is 0 Å². The van der Waals surface area contributed by atoms with Crippen molar-refractivity contribution in [2.24, 2.45) is 0 Å². The van der Waals surface area contributed by atoms with Gasteiger partial charge in [0.15, 0.2) is 0 Å². The average molecular weight is 213 g/mol. The predicted octanol–water partition coefficient (Wildman–Crippen LogP) is 0.174. The Balaban J connectivity index is 1.66. The number of hydrogen-bond acceptors (Lipinski definition) is 3. The summed E-state index contributed by atoms with van der Waals surface area (Å²) in [5.41, 5.74) is 0. The van der Waals surface area contributed by atoms with Gasteiger partial charge in [-0.05, 0) is 38.8 Å². The third-order valence-electron chi connectivity index (χ3n) is 2.90. The molecule has 15 heavy (non-hydrogen) atoms. The molecule has 5 heteroatoms. The van der Waals surface area contributed by atoms with Crippen molar-refractivity contribution in [1.82, 2.24) is 16.0 Å². The fourth-order valence-corrected chi connectivity index (χ4v) is 2.03. The van der Waals surface area contributed by atoms with E-state index in [0.717, 1.165) is 45.4 Å². The molecule has 2 rings (SSSR count). The zero-order chi connectivity index (χ0) is 10.5. The molecule has 0 aromatic heterocycles. The van der Waals surface area contributed by atoms with Crippen molar-refractivity contribution < 1.29 is 9.53 Å². The van der Waals surface area contributed by atoms with Gasteiger partial charge in [-0.1, -0.05) is 0 Å². The molecule has 0 aromatic rings. The van der Waals surface area contributed by atoms with Crippen LogP contribution in [0.25, 0.3) is 0 Å². The Labute approximate surface area is 89.9 Å². The highest BCUT2D eigenvalue weighted by atomic mass is 16.5. The summed E-state index contributed by atoms with van der Waals surface area (Å²) in [7, 11) is 0. The minimum atomic E-state index is -0.0891. The van der Waals surface area contributed by atoms with Crippen LogP contribution in [-0.4, -0.2) is 38.0 Å². The highest BCUT2D eigenvalue weighted by Crippen LogP contribution is 2.09. The number of amides is 2. The number of carbonyl (C=O) groups is 1. The lowest BCUT2D eigenvalue weighted by molar-refractivity contribution is 0.0900. The first-order valence-electron chi connectivity index (χ1n) is 5.74. The first-order chi connectivity index (χ1) is 7.34. The van der Waals surface area contributed by atoms with Crippen molar-refractivity contribution in [3.63, 3.8) is 0 Å². The van der Waals surface area contributed by atoms with Crippen molar-refractivity contribution >= 4 is 6.03 Å². The van der Waals surface area contributed by atoms with Gasteiger partial charge in [0.05, 0.1) is 0 Å². The van der Waals surface area contributed by atoms with Crippen LogP contribution in [0.4, 0.5) is 4.79 Å². The quantitative estimate of drug-likeness (QED) is 0.613. The number of nitrogens with one attached hydrogen (secondary N) is 3. The fourth-order valence-electron chi connectivity index (χ4n) is 2.03. The Morgan fingerprint density at radius 3 is 2.67 bits per heavy atom. The van der Waals surface area contributed by atoms with E-state index in [-0.39, 0.29) is 12.3 Å². The van der Waals surface area contributed by atoms with Crippen LogP contribution in [0, 0.1) is 0 Å². The first kappa shape index (κ1) is 10.7. The van der Waals surface area contributed by atoms with Crippen LogP contribution in [-0.2, 0) is 4.74 Å². The van der Waals surface area contributed by atoms with E-state index in [1.54, 1.807) is 0 Å². The molecule has 0 spiro atoms. The number of carbonyl (C=O) groups excluding carboxylic acids is 1. The lowest BCUT2D eigenvalue weighted by Crippen LogP contribution is -2.49. The number of ether oxygens (including phenoxy) is 1. The molecule has 2 aliphatic heterocycles. The van der Waals surface area contributed by atoms with Gasteiger partial charge in [0.1, 0.15) is 6.23 Å². The van der Waals surface area contributed by atoms with Gasteiger partial charge < -0.3 is 20.7 Å². The summed E-state index contributed by atoms with van der Waals surface area (Å²) in [6.45, 7) is 2.74. The number of hydrogen-bond donors (Lipinski definition) is 3. The highest BCUT2D eigenvalue weighted by molar-refractivity contribution is 5.74. The standard InChI is InChI=1S/C10H19N3O2/c14-10(13-9-2-1-7-15-9)12-8-3-5-11-6-4-8/h8-9,11H,1-7H2,(H2,12,13,14). The summed E-state index contributed by atoms with van der Waals surface area (Å²) in [5.74, 6) is 0. The zero-order valence-corrected chi connectivity index (χ0v) is 8.92. The van der Waals surface area contributed by atoms with E-state index in [1.807, 2.05) is 0 Å². The van der Waals surface area contributed by atoms with Gasteiger partial charge in [-0.3, -0.25) is 0 Å². The van der Waals surface area contributed by atoms with Crippen LogP contribution >= 0.6 is 0 Å². The maximum atomic E-state index is 11.5. The molecule has 0 radical (unpaired) electrons. The highest BCUT2D eigenvalue weighted by Gasteiger charge is 2.20. The minimum Gasteiger partial charge on any atom is -0.358 e. The summed E-state index contributed by atoms with van der Waals surface area (Å²) >= 11 is 0. The minimum absolute atomic E-state index is 0.0771. The van der Waals surface area contributed by atoms with Gasteiger partial charge in [0.25, 0.3) is 0 Å². The number of piperidine rings is 1. The molecule has 86 valence electrons. The Bertz CT molecular complexity index is 211. The second kappa shape index (κ2) is 5.32. The van der Waals surface area contributed by atoms with E-state index in [0.29, 0.717) is 6.04 Å². The molecule has 1 atom stereocenters. The largest absolute Gasteiger partial charge is 0.358 e. The Morgan fingerprint density at radius 1 is 1.20 bits per heavy atom. The van der Waals surface area contributed by atoms with Crippen LogP contribution in [0.3, 0.4) is 0 Å². The molecule has 2 heterocycles. The van der Waals surface area contributed by atoms with Crippen LogP contribution in [0.1, 0.15) is 25.7 Å². The maximum absolute atomic E-state index is 11.5. The number of rotatable bonds is 2. The molecule has 2 saturated heterocycles. The molecule has 0 saturated carbocycles. The Kier molecular flexibility index (Phi) is 3.80. The van der Waals surface area contributed by atoms with Crippen LogP contribution < -0.4 is 16.0 Å². The van der Waals surface area contributed by atoms with E-state index in [9.17, 15) is 4.79 Å². The second-order valence-corrected chi connectivity index (χ2v) is 4.14. The topological polar surface area (TPSA) is 62.4 Å². The molecule has 0 aliphatic carbocycles. The third-order valence-corrected chi connectivity index (χ3v) is 2.90. The Morgan fingerprint density at radius 2 is 2.00 bits per heavy atom. The molecular weight excluding hydrogens is 194 g/mol. The van der Waals surface area contributed by atoms with E-state index in [2.05, 4.69) is 16.0 Å². The third kappa shape index (κ3) is 3.35. The van der Waals surface area contributed by atoms with Crippen LogP contribution in [0.2, 0.25) is 0 Å². The second-order valence-electron chi connectivity index (χ2n) is 4.14. The van der Waals surface area contributed by atoms with Gasteiger partial charge in [0, 0.05) is 12.6 Å². The van der Waals surface area contributed by atoms with Crippen molar-refractivity contribution in [2.75, 3.05) is 19.7 Å². The maximum Gasteiger partial charge on any atom is 0.317 e. The molecule has 5 nitrogen and oxygen atoms in total. The summed E-state index contributed by atoms with van der Waals surface area (Å²) < 4.78 is 5.33. The first-order valence-corrected chi connectivity index (χ1v) is 5.74. The Hall–Kier alpha value is -0.810. The monoisotopic (exact) mass is 213 g/mol. The molecular formula is C10H19N3O2. The van der Waals surface area contributed by atoms with Gasteiger partial charge >= 0.3 is 6.03 Å². The smallest absolute Gasteiger partial charge is 0.317 e. The molecule has 2 fully saturated rings. The summed E-state index contributed by atoms with van der Waals surface area (Å²) in [4.78, 5) is 11.5. The van der Waals surface area contributed by atoms with Gasteiger partial charge in [0.2, 0.25) is 0 Å². The van der Waals surface area contributed by atoms with Crippen molar-refractivity contribution in [3.8, 4) is 0 Å². The van der Waals surface area contributed by atoms with E-state index < -0.39 is 0 Å². The lowest BCUT2D eigenvalue weighted by Gasteiger charge is -2.24. The van der Waals surface area contributed by atoms with Crippen molar-refractivity contribution in [3.05, 3.63) is 0 Å².